The Labute approximate surface area is 207 Å². The number of hydrogen-bond donors (Lipinski definition) is 1. The number of aliphatic hydroxyl groups is 1. The SMILES string of the molecule is CSc1ncc(-c2ccc3ncc4c(c3n2)N(C2CCN(C(=O)[C@@H](C)O)CC2)C(=O)N(C)C4)cn1. The third-order valence-corrected chi connectivity index (χ3v) is 7.12. The van der Waals surface area contributed by atoms with Crippen LogP contribution in [0.5, 0.6) is 0 Å². The lowest BCUT2D eigenvalue weighted by Crippen LogP contribution is -2.55. The Balaban J connectivity index is 1.54. The highest BCUT2D eigenvalue weighted by molar-refractivity contribution is 7.98. The van der Waals surface area contributed by atoms with Crippen molar-refractivity contribution in [1.29, 1.82) is 0 Å². The molecule has 1 atom stereocenters. The molecule has 1 fully saturated rings. The summed E-state index contributed by atoms with van der Waals surface area (Å²) in [4.78, 5) is 49.1. The number of aromatic nitrogens is 4. The fraction of sp³-hybridized carbons (Fsp3) is 0.417. The Morgan fingerprint density at radius 3 is 2.51 bits per heavy atom. The standard InChI is InChI=1S/C24H27N7O3S/c1-14(32)22(33)30-8-6-17(7-9-30)31-21-16(13-29(2)24(31)34)12-25-19-5-4-18(28-20(19)21)15-10-26-23(35-3)27-11-15/h4-5,10-12,14,17,32H,6-9,13H2,1-3H3/t14-/m1/s1. The quantitative estimate of drug-likeness (QED) is 0.436. The summed E-state index contributed by atoms with van der Waals surface area (Å²) in [5, 5.41) is 10.4. The van der Waals surface area contributed by atoms with Gasteiger partial charge in [-0.3, -0.25) is 14.7 Å². The molecule has 0 unspecified atom stereocenters. The molecule has 5 rings (SSSR count). The van der Waals surface area contributed by atoms with Crippen molar-refractivity contribution >= 4 is 40.4 Å². The van der Waals surface area contributed by atoms with Gasteiger partial charge in [-0.05, 0) is 38.2 Å². The molecule has 10 nitrogen and oxygen atoms in total. The molecule has 2 aliphatic heterocycles. The van der Waals surface area contributed by atoms with Crippen molar-refractivity contribution in [3.8, 4) is 11.3 Å². The van der Waals surface area contributed by atoms with Crippen LogP contribution in [0.2, 0.25) is 0 Å². The van der Waals surface area contributed by atoms with Gasteiger partial charge in [0, 0.05) is 55.9 Å². The van der Waals surface area contributed by atoms with E-state index in [9.17, 15) is 14.7 Å². The molecule has 1 N–H and O–H groups in total. The van der Waals surface area contributed by atoms with Crippen LogP contribution in [-0.2, 0) is 11.3 Å². The molecule has 3 amide bonds. The monoisotopic (exact) mass is 493 g/mol. The van der Waals surface area contributed by atoms with Crippen molar-refractivity contribution < 1.29 is 14.7 Å². The van der Waals surface area contributed by atoms with Gasteiger partial charge < -0.3 is 14.9 Å². The third-order valence-electron chi connectivity index (χ3n) is 6.55. The van der Waals surface area contributed by atoms with Crippen LogP contribution in [0.25, 0.3) is 22.3 Å². The van der Waals surface area contributed by atoms with Crippen LogP contribution in [0.3, 0.4) is 0 Å². The van der Waals surface area contributed by atoms with E-state index in [4.69, 9.17) is 4.98 Å². The van der Waals surface area contributed by atoms with Crippen LogP contribution < -0.4 is 4.90 Å². The van der Waals surface area contributed by atoms with Crippen molar-refractivity contribution in [2.45, 2.75) is 43.6 Å². The van der Waals surface area contributed by atoms with Gasteiger partial charge in [0.1, 0.15) is 11.6 Å². The normalized spacial score (nSPS) is 17.6. The topological polar surface area (TPSA) is 116 Å². The van der Waals surface area contributed by atoms with Crippen molar-refractivity contribution in [2.75, 3.05) is 31.3 Å². The van der Waals surface area contributed by atoms with Gasteiger partial charge >= 0.3 is 6.03 Å². The van der Waals surface area contributed by atoms with Crippen molar-refractivity contribution in [3.05, 3.63) is 36.3 Å². The maximum absolute atomic E-state index is 13.4. The number of aliphatic hydroxyl groups excluding tert-OH is 1. The van der Waals surface area contributed by atoms with Gasteiger partial charge in [0.05, 0.1) is 23.4 Å². The van der Waals surface area contributed by atoms with E-state index in [0.717, 1.165) is 16.8 Å². The number of fused-ring (bicyclic) bond motifs is 3. The Bertz CT molecular complexity index is 1280. The number of urea groups is 1. The molecule has 0 bridgehead atoms. The minimum Gasteiger partial charge on any atom is -0.384 e. The van der Waals surface area contributed by atoms with E-state index in [1.165, 1.54) is 18.7 Å². The van der Waals surface area contributed by atoms with E-state index < -0.39 is 6.10 Å². The lowest BCUT2D eigenvalue weighted by Gasteiger charge is -2.43. The summed E-state index contributed by atoms with van der Waals surface area (Å²) in [7, 11) is 1.78. The second kappa shape index (κ2) is 9.38. The van der Waals surface area contributed by atoms with Gasteiger partial charge in [-0.15, -0.1) is 0 Å². The van der Waals surface area contributed by atoms with Crippen molar-refractivity contribution in [2.24, 2.45) is 0 Å². The molecule has 0 saturated carbocycles. The third kappa shape index (κ3) is 4.30. The summed E-state index contributed by atoms with van der Waals surface area (Å²) in [5.74, 6) is -0.276. The Morgan fingerprint density at radius 2 is 1.86 bits per heavy atom. The van der Waals surface area contributed by atoms with Gasteiger partial charge in [-0.1, -0.05) is 11.8 Å². The van der Waals surface area contributed by atoms with E-state index in [1.54, 1.807) is 29.2 Å². The van der Waals surface area contributed by atoms with Gasteiger partial charge in [0.15, 0.2) is 5.16 Å². The lowest BCUT2D eigenvalue weighted by atomic mass is 9.99. The first-order valence-corrected chi connectivity index (χ1v) is 12.8. The molecular formula is C24H27N7O3S. The average molecular weight is 494 g/mol. The molecule has 3 aromatic rings. The summed E-state index contributed by atoms with van der Waals surface area (Å²) in [6, 6.07) is 3.61. The predicted molar refractivity (Wildman–Crippen MR) is 133 cm³/mol. The molecule has 11 heteroatoms. The van der Waals surface area contributed by atoms with Gasteiger partial charge in [0.25, 0.3) is 5.91 Å². The average Bonchev–Trinajstić information content (AvgIpc) is 2.89. The molecular weight excluding hydrogens is 466 g/mol. The number of carbonyl (C=O) groups is 2. The molecule has 1 saturated heterocycles. The van der Waals surface area contributed by atoms with Gasteiger partial charge in [0.2, 0.25) is 0 Å². The highest BCUT2D eigenvalue weighted by atomic mass is 32.2. The molecule has 3 aromatic heterocycles. The zero-order valence-corrected chi connectivity index (χ0v) is 20.7. The smallest absolute Gasteiger partial charge is 0.324 e. The lowest BCUT2D eigenvalue weighted by molar-refractivity contribution is -0.140. The summed E-state index contributed by atoms with van der Waals surface area (Å²) in [5.41, 5.74) is 4.58. The minimum absolute atomic E-state index is 0.0924. The van der Waals surface area contributed by atoms with E-state index >= 15 is 0 Å². The number of amides is 3. The highest BCUT2D eigenvalue weighted by Crippen LogP contribution is 2.37. The Hall–Kier alpha value is -3.31. The van der Waals surface area contributed by atoms with Crippen LogP contribution in [0, 0.1) is 0 Å². The number of pyridine rings is 2. The van der Waals surface area contributed by atoms with E-state index in [1.807, 2.05) is 29.5 Å². The fourth-order valence-corrected chi connectivity index (χ4v) is 5.06. The summed E-state index contributed by atoms with van der Waals surface area (Å²) >= 11 is 1.47. The summed E-state index contributed by atoms with van der Waals surface area (Å²) < 4.78 is 0. The maximum Gasteiger partial charge on any atom is 0.324 e. The molecule has 0 aliphatic carbocycles. The van der Waals surface area contributed by atoms with Crippen molar-refractivity contribution in [3.63, 3.8) is 0 Å². The summed E-state index contributed by atoms with van der Waals surface area (Å²) in [6.45, 7) is 2.90. The second-order valence-electron chi connectivity index (χ2n) is 8.90. The van der Waals surface area contributed by atoms with E-state index in [2.05, 4.69) is 15.0 Å². The summed E-state index contributed by atoms with van der Waals surface area (Å²) in [6.07, 6.45) is 7.45. The number of likely N-dealkylation sites (tertiary alicyclic amines) is 1. The molecule has 2 aliphatic rings. The number of anilines is 1. The van der Waals surface area contributed by atoms with E-state index in [0.29, 0.717) is 54.4 Å². The number of rotatable bonds is 4. The van der Waals surface area contributed by atoms with Crippen LogP contribution >= 0.6 is 11.8 Å². The molecule has 0 radical (unpaired) electrons. The number of piperidine rings is 1. The van der Waals surface area contributed by atoms with Crippen LogP contribution in [0.15, 0.2) is 35.9 Å². The first-order chi connectivity index (χ1) is 16.9. The fourth-order valence-electron chi connectivity index (χ4n) is 4.74. The van der Waals surface area contributed by atoms with Gasteiger partial charge in [-0.2, -0.15) is 0 Å². The number of carbonyl (C=O) groups excluding carboxylic acids is 2. The maximum atomic E-state index is 13.4. The Kier molecular flexibility index (Phi) is 6.28. The largest absolute Gasteiger partial charge is 0.384 e. The number of nitrogens with zero attached hydrogens (tertiary/aromatic N) is 7. The number of thioether (sulfide) groups is 1. The molecule has 0 aromatic carbocycles. The van der Waals surface area contributed by atoms with Crippen LogP contribution in [0.1, 0.15) is 25.3 Å². The molecule has 35 heavy (non-hydrogen) atoms. The first kappa shape index (κ1) is 23.4. The second-order valence-corrected chi connectivity index (χ2v) is 9.67. The van der Waals surface area contributed by atoms with E-state index in [-0.39, 0.29) is 18.0 Å². The predicted octanol–water partition coefficient (Wildman–Crippen LogP) is 2.55. The van der Waals surface area contributed by atoms with Crippen molar-refractivity contribution in [1.82, 2.24) is 29.7 Å². The minimum atomic E-state index is -1.03. The van der Waals surface area contributed by atoms with Crippen LogP contribution in [-0.4, -0.2) is 85.3 Å². The molecule has 5 heterocycles. The highest BCUT2D eigenvalue weighted by Gasteiger charge is 2.38. The zero-order valence-electron chi connectivity index (χ0n) is 19.9. The first-order valence-electron chi connectivity index (χ1n) is 11.5. The van der Waals surface area contributed by atoms with Crippen LogP contribution in [0.4, 0.5) is 10.5 Å². The number of hydrogen-bond acceptors (Lipinski definition) is 8. The Morgan fingerprint density at radius 1 is 1.14 bits per heavy atom. The zero-order chi connectivity index (χ0) is 24.7. The molecule has 182 valence electrons. The van der Waals surface area contributed by atoms with Gasteiger partial charge in [-0.25, -0.2) is 19.7 Å². The molecule has 0 spiro atoms.